The summed E-state index contributed by atoms with van der Waals surface area (Å²) in [5, 5.41) is 16.6. The SMILES string of the molecule is CC(C)(O)CNc1nc(NN)nc(-n2cccn2)n1. The van der Waals surface area contributed by atoms with Gasteiger partial charge in [-0.15, -0.1) is 0 Å². The van der Waals surface area contributed by atoms with E-state index in [-0.39, 0.29) is 5.95 Å². The molecular formula is C10H16N8O. The molecule has 0 aliphatic rings. The van der Waals surface area contributed by atoms with Gasteiger partial charge in [0.15, 0.2) is 0 Å². The predicted octanol–water partition coefficient (Wildman–Crippen LogP) is -0.474. The summed E-state index contributed by atoms with van der Waals surface area (Å²) in [6.45, 7) is 3.65. The van der Waals surface area contributed by atoms with E-state index in [9.17, 15) is 5.11 Å². The third-order valence-electron chi connectivity index (χ3n) is 2.14. The van der Waals surface area contributed by atoms with Crippen LogP contribution in [0, 0.1) is 0 Å². The number of nitrogen functional groups attached to an aromatic ring is 1. The lowest BCUT2D eigenvalue weighted by Crippen LogP contribution is -2.30. The molecule has 0 atom stereocenters. The fourth-order valence-electron chi connectivity index (χ4n) is 1.29. The number of aliphatic hydroxyl groups is 1. The molecule has 0 aliphatic carbocycles. The monoisotopic (exact) mass is 264 g/mol. The van der Waals surface area contributed by atoms with Crippen LogP contribution in [0.2, 0.25) is 0 Å². The number of aromatic nitrogens is 5. The van der Waals surface area contributed by atoms with Crippen LogP contribution in [0.5, 0.6) is 0 Å². The molecule has 0 saturated carbocycles. The van der Waals surface area contributed by atoms with E-state index in [1.807, 2.05) is 0 Å². The first kappa shape index (κ1) is 13.2. The normalized spacial score (nSPS) is 11.4. The van der Waals surface area contributed by atoms with Crippen molar-refractivity contribution >= 4 is 11.9 Å². The average molecular weight is 264 g/mol. The van der Waals surface area contributed by atoms with Crippen LogP contribution >= 0.6 is 0 Å². The zero-order valence-electron chi connectivity index (χ0n) is 10.7. The summed E-state index contributed by atoms with van der Waals surface area (Å²) in [5.74, 6) is 6.15. The summed E-state index contributed by atoms with van der Waals surface area (Å²) in [5.41, 5.74) is 1.48. The Kier molecular flexibility index (Phi) is 3.58. The lowest BCUT2D eigenvalue weighted by atomic mass is 10.1. The summed E-state index contributed by atoms with van der Waals surface area (Å²) in [6.07, 6.45) is 3.32. The molecule has 2 heterocycles. The van der Waals surface area contributed by atoms with Crippen molar-refractivity contribution in [1.29, 1.82) is 0 Å². The molecule has 0 aromatic carbocycles. The van der Waals surface area contributed by atoms with Gasteiger partial charge in [0.1, 0.15) is 0 Å². The van der Waals surface area contributed by atoms with E-state index in [0.29, 0.717) is 18.4 Å². The van der Waals surface area contributed by atoms with Crippen molar-refractivity contribution in [2.45, 2.75) is 19.4 Å². The molecule has 0 aliphatic heterocycles. The van der Waals surface area contributed by atoms with Gasteiger partial charge in [0.05, 0.1) is 5.60 Å². The summed E-state index contributed by atoms with van der Waals surface area (Å²) in [4.78, 5) is 12.3. The molecule has 2 aromatic heterocycles. The first-order chi connectivity index (χ1) is 8.98. The molecule has 19 heavy (non-hydrogen) atoms. The van der Waals surface area contributed by atoms with Crippen molar-refractivity contribution in [2.24, 2.45) is 5.84 Å². The minimum atomic E-state index is -0.880. The molecule has 0 saturated heterocycles. The maximum absolute atomic E-state index is 9.67. The van der Waals surface area contributed by atoms with Gasteiger partial charge in [-0.3, -0.25) is 5.43 Å². The van der Waals surface area contributed by atoms with Gasteiger partial charge in [-0.05, 0) is 19.9 Å². The fraction of sp³-hybridized carbons (Fsp3) is 0.400. The number of nitrogens with one attached hydrogen (secondary N) is 2. The van der Waals surface area contributed by atoms with E-state index in [1.165, 1.54) is 4.68 Å². The molecule has 0 spiro atoms. The van der Waals surface area contributed by atoms with Crippen LogP contribution in [0.1, 0.15) is 13.8 Å². The van der Waals surface area contributed by atoms with Crippen molar-refractivity contribution in [3.05, 3.63) is 18.5 Å². The number of nitrogens with two attached hydrogens (primary N) is 1. The van der Waals surface area contributed by atoms with Crippen molar-refractivity contribution in [3.63, 3.8) is 0 Å². The minimum Gasteiger partial charge on any atom is -0.389 e. The third-order valence-corrected chi connectivity index (χ3v) is 2.14. The molecule has 2 aromatic rings. The highest BCUT2D eigenvalue weighted by molar-refractivity contribution is 5.37. The Bertz CT molecular complexity index is 533. The Morgan fingerprint density at radius 2 is 2.05 bits per heavy atom. The van der Waals surface area contributed by atoms with Gasteiger partial charge < -0.3 is 10.4 Å². The molecule has 0 radical (unpaired) electrons. The van der Waals surface area contributed by atoms with E-state index >= 15 is 0 Å². The van der Waals surface area contributed by atoms with Crippen LogP contribution < -0.4 is 16.6 Å². The van der Waals surface area contributed by atoms with Crippen molar-refractivity contribution in [3.8, 4) is 5.95 Å². The Labute approximate surface area is 109 Å². The van der Waals surface area contributed by atoms with E-state index in [0.717, 1.165) is 0 Å². The first-order valence-electron chi connectivity index (χ1n) is 5.67. The quantitative estimate of drug-likeness (QED) is 0.421. The summed E-state index contributed by atoms with van der Waals surface area (Å²) < 4.78 is 1.48. The topological polar surface area (TPSA) is 127 Å². The molecular weight excluding hydrogens is 248 g/mol. The summed E-state index contributed by atoms with van der Waals surface area (Å²) >= 11 is 0. The Morgan fingerprint density at radius 1 is 1.32 bits per heavy atom. The van der Waals surface area contributed by atoms with Crippen LogP contribution in [-0.2, 0) is 0 Å². The molecule has 0 unspecified atom stereocenters. The zero-order valence-corrected chi connectivity index (χ0v) is 10.7. The molecule has 9 heteroatoms. The number of hydrogen-bond acceptors (Lipinski definition) is 8. The van der Waals surface area contributed by atoms with Crippen LogP contribution in [0.3, 0.4) is 0 Å². The van der Waals surface area contributed by atoms with E-state index in [1.54, 1.807) is 32.3 Å². The van der Waals surface area contributed by atoms with Gasteiger partial charge >= 0.3 is 0 Å². The maximum atomic E-state index is 9.67. The molecule has 0 fully saturated rings. The number of rotatable bonds is 5. The molecule has 102 valence electrons. The number of hydrazine groups is 1. The second-order valence-corrected chi connectivity index (χ2v) is 4.54. The third kappa shape index (κ3) is 3.60. The Balaban J connectivity index is 2.26. The van der Waals surface area contributed by atoms with Gasteiger partial charge in [0.25, 0.3) is 5.95 Å². The number of anilines is 2. The maximum Gasteiger partial charge on any atom is 0.257 e. The molecule has 2 rings (SSSR count). The van der Waals surface area contributed by atoms with Gasteiger partial charge in [0.2, 0.25) is 11.9 Å². The fourth-order valence-corrected chi connectivity index (χ4v) is 1.29. The smallest absolute Gasteiger partial charge is 0.257 e. The predicted molar refractivity (Wildman–Crippen MR) is 69.5 cm³/mol. The van der Waals surface area contributed by atoms with Crippen molar-refractivity contribution in [2.75, 3.05) is 17.3 Å². The van der Waals surface area contributed by atoms with Crippen LogP contribution in [0.25, 0.3) is 5.95 Å². The van der Waals surface area contributed by atoms with Crippen LogP contribution in [0.15, 0.2) is 18.5 Å². The highest BCUT2D eigenvalue weighted by Crippen LogP contribution is 2.09. The number of nitrogens with zero attached hydrogens (tertiary/aromatic N) is 5. The summed E-state index contributed by atoms with van der Waals surface area (Å²) in [6, 6.07) is 1.75. The lowest BCUT2D eigenvalue weighted by Gasteiger charge is -2.17. The van der Waals surface area contributed by atoms with Gasteiger partial charge in [-0.1, -0.05) is 0 Å². The zero-order chi connectivity index (χ0) is 13.9. The van der Waals surface area contributed by atoms with E-state index < -0.39 is 5.60 Å². The molecule has 9 nitrogen and oxygen atoms in total. The largest absolute Gasteiger partial charge is 0.389 e. The highest BCUT2D eigenvalue weighted by Gasteiger charge is 2.14. The van der Waals surface area contributed by atoms with E-state index in [2.05, 4.69) is 30.8 Å². The van der Waals surface area contributed by atoms with Crippen molar-refractivity contribution < 1.29 is 5.11 Å². The molecule has 0 bridgehead atoms. The standard InChI is InChI=1S/C10H16N8O/c1-10(2,19)6-12-7-14-8(17-11)16-9(15-7)18-5-3-4-13-18/h3-5,19H,6,11H2,1-2H3,(H2,12,14,15,16,17). The number of hydrogen-bond donors (Lipinski definition) is 4. The average Bonchev–Trinajstić information content (AvgIpc) is 2.89. The Morgan fingerprint density at radius 3 is 2.63 bits per heavy atom. The second kappa shape index (κ2) is 5.16. The minimum absolute atomic E-state index is 0.207. The lowest BCUT2D eigenvalue weighted by molar-refractivity contribution is 0.0943. The summed E-state index contributed by atoms with van der Waals surface area (Å²) in [7, 11) is 0. The molecule has 5 N–H and O–H groups in total. The van der Waals surface area contributed by atoms with Crippen molar-refractivity contribution in [1.82, 2.24) is 24.7 Å². The first-order valence-corrected chi connectivity index (χ1v) is 5.67. The molecule has 0 amide bonds. The highest BCUT2D eigenvalue weighted by atomic mass is 16.3. The van der Waals surface area contributed by atoms with Gasteiger partial charge in [-0.2, -0.15) is 20.1 Å². The van der Waals surface area contributed by atoms with E-state index in [4.69, 9.17) is 5.84 Å². The van der Waals surface area contributed by atoms with Crippen LogP contribution in [-0.4, -0.2) is 42.0 Å². The second-order valence-electron chi connectivity index (χ2n) is 4.54. The van der Waals surface area contributed by atoms with Gasteiger partial charge in [-0.25, -0.2) is 10.5 Å². The van der Waals surface area contributed by atoms with Crippen LogP contribution in [0.4, 0.5) is 11.9 Å². The Hall–Kier alpha value is -2.26. The van der Waals surface area contributed by atoms with Gasteiger partial charge in [0, 0.05) is 18.9 Å².